The van der Waals surface area contributed by atoms with E-state index in [0.717, 1.165) is 37.4 Å². The molecule has 1 aromatic heterocycles. The Morgan fingerprint density at radius 2 is 2.07 bits per heavy atom. The molecular formula is C11H21N3O. The summed E-state index contributed by atoms with van der Waals surface area (Å²) in [5.74, 6) is 2.13. The van der Waals surface area contributed by atoms with Gasteiger partial charge in [0.1, 0.15) is 0 Å². The Bertz CT molecular complexity index is 281. The van der Waals surface area contributed by atoms with E-state index >= 15 is 0 Å². The summed E-state index contributed by atoms with van der Waals surface area (Å²) < 4.78 is 5.15. The Balaban J connectivity index is 2.33. The van der Waals surface area contributed by atoms with Crippen molar-refractivity contribution < 1.29 is 4.52 Å². The van der Waals surface area contributed by atoms with Gasteiger partial charge in [-0.3, -0.25) is 0 Å². The first-order valence-corrected chi connectivity index (χ1v) is 5.65. The SMILES string of the molecule is CC(C)Cc1noc(CCCC(C)N)n1. The highest BCUT2D eigenvalue weighted by atomic mass is 16.5. The first-order valence-electron chi connectivity index (χ1n) is 5.65. The predicted octanol–water partition coefficient (Wildman–Crippen LogP) is 1.94. The molecule has 0 aromatic carbocycles. The molecule has 0 saturated carbocycles. The number of rotatable bonds is 6. The van der Waals surface area contributed by atoms with Crippen LogP contribution in [-0.4, -0.2) is 16.2 Å². The molecule has 0 radical (unpaired) electrons. The zero-order valence-corrected chi connectivity index (χ0v) is 9.86. The Morgan fingerprint density at radius 3 is 2.67 bits per heavy atom. The molecular weight excluding hydrogens is 190 g/mol. The van der Waals surface area contributed by atoms with Crippen LogP contribution in [0, 0.1) is 5.92 Å². The van der Waals surface area contributed by atoms with Crippen molar-refractivity contribution >= 4 is 0 Å². The monoisotopic (exact) mass is 211 g/mol. The van der Waals surface area contributed by atoms with Crippen molar-refractivity contribution in [1.82, 2.24) is 10.1 Å². The second kappa shape index (κ2) is 5.85. The third-order valence-electron chi connectivity index (χ3n) is 2.15. The van der Waals surface area contributed by atoms with E-state index in [1.165, 1.54) is 0 Å². The molecule has 0 spiro atoms. The predicted molar refractivity (Wildman–Crippen MR) is 59.4 cm³/mol. The Labute approximate surface area is 91.2 Å². The molecule has 4 heteroatoms. The van der Waals surface area contributed by atoms with Crippen LogP contribution in [0.1, 0.15) is 45.3 Å². The molecule has 0 amide bonds. The molecule has 1 unspecified atom stereocenters. The van der Waals surface area contributed by atoms with E-state index in [1.807, 2.05) is 6.92 Å². The highest BCUT2D eigenvalue weighted by Gasteiger charge is 2.07. The van der Waals surface area contributed by atoms with Crippen LogP contribution in [0.3, 0.4) is 0 Å². The zero-order valence-electron chi connectivity index (χ0n) is 9.86. The lowest BCUT2D eigenvalue weighted by molar-refractivity contribution is 0.366. The van der Waals surface area contributed by atoms with Crippen LogP contribution in [0.15, 0.2) is 4.52 Å². The van der Waals surface area contributed by atoms with Gasteiger partial charge >= 0.3 is 0 Å². The highest BCUT2D eigenvalue weighted by Crippen LogP contribution is 2.07. The second-order valence-electron chi connectivity index (χ2n) is 4.57. The minimum Gasteiger partial charge on any atom is -0.339 e. The maximum atomic E-state index is 5.66. The van der Waals surface area contributed by atoms with Gasteiger partial charge in [0.05, 0.1) is 0 Å². The van der Waals surface area contributed by atoms with Crippen LogP contribution in [0.4, 0.5) is 0 Å². The number of aromatic nitrogens is 2. The van der Waals surface area contributed by atoms with Gasteiger partial charge in [-0.25, -0.2) is 0 Å². The van der Waals surface area contributed by atoms with Gasteiger partial charge in [-0.2, -0.15) is 4.98 Å². The van der Waals surface area contributed by atoms with Crippen molar-refractivity contribution in [3.05, 3.63) is 11.7 Å². The summed E-state index contributed by atoms with van der Waals surface area (Å²) in [6.45, 7) is 6.30. The maximum absolute atomic E-state index is 5.66. The fourth-order valence-electron chi connectivity index (χ4n) is 1.42. The van der Waals surface area contributed by atoms with Crippen LogP contribution in [0.5, 0.6) is 0 Å². The Kier molecular flexibility index (Phi) is 4.75. The molecule has 0 aliphatic heterocycles. The van der Waals surface area contributed by atoms with Crippen LogP contribution in [-0.2, 0) is 12.8 Å². The maximum Gasteiger partial charge on any atom is 0.226 e. The van der Waals surface area contributed by atoms with Gasteiger partial charge in [0, 0.05) is 18.9 Å². The molecule has 0 aliphatic rings. The molecule has 0 aliphatic carbocycles. The van der Waals surface area contributed by atoms with E-state index in [2.05, 4.69) is 24.0 Å². The normalized spacial score (nSPS) is 13.4. The smallest absolute Gasteiger partial charge is 0.226 e. The van der Waals surface area contributed by atoms with Gasteiger partial charge in [0.15, 0.2) is 5.82 Å². The molecule has 0 fully saturated rings. The summed E-state index contributed by atoms with van der Waals surface area (Å²) in [7, 11) is 0. The highest BCUT2D eigenvalue weighted by molar-refractivity contribution is 4.87. The number of nitrogens with two attached hydrogens (primary N) is 1. The van der Waals surface area contributed by atoms with E-state index < -0.39 is 0 Å². The lowest BCUT2D eigenvalue weighted by atomic mass is 10.1. The first kappa shape index (κ1) is 12.2. The lowest BCUT2D eigenvalue weighted by Crippen LogP contribution is -2.14. The fraction of sp³-hybridized carbons (Fsp3) is 0.818. The van der Waals surface area contributed by atoms with Crippen molar-refractivity contribution in [3.8, 4) is 0 Å². The molecule has 2 N–H and O–H groups in total. The van der Waals surface area contributed by atoms with Gasteiger partial charge in [0.2, 0.25) is 5.89 Å². The third-order valence-corrected chi connectivity index (χ3v) is 2.15. The second-order valence-corrected chi connectivity index (χ2v) is 4.57. The van der Waals surface area contributed by atoms with E-state index in [0.29, 0.717) is 5.92 Å². The summed E-state index contributed by atoms with van der Waals surface area (Å²) in [4.78, 5) is 4.33. The Morgan fingerprint density at radius 1 is 1.33 bits per heavy atom. The molecule has 86 valence electrons. The van der Waals surface area contributed by atoms with Gasteiger partial charge in [-0.1, -0.05) is 19.0 Å². The summed E-state index contributed by atoms with van der Waals surface area (Å²) in [5, 5.41) is 3.94. The zero-order chi connectivity index (χ0) is 11.3. The minimum absolute atomic E-state index is 0.253. The van der Waals surface area contributed by atoms with Gasteiger partial charge in [-0.15, -0.1) is 0 Å². The lowest BCUT2D eigenvalue weighted by Gasteiger charge is -2.00. The molecule has 1 aromatic rings. The number of hydrogen-bond acceptors (Lipinski definition) is 4. The summed E-state index contributed by atoms with van der Waals surface area (Å²) in [5.41, 5.74) is 5.66. The molecule has 4 nitrogen and oxygen atoms in total. The first-order chi connectivity index (χ1) is 7.08. The molecule has 0 bridgehead atoms. The Hall–Kier alpha value is -0.900. The van der Waals surface area contributed by atoms with Crippen LogP contribution >= 0.6 is 0 Å². The molecule has 0 saturated heterocycles. The van der Waals surface area contributed by atoms with E-state index in [4.69, 9.17) is 10.3 Å². The average molecular weight is 211 g/mol. The molecule has 15 heavy (non-hydrogen) atoms. The average Bonchev–Trinajstić information content (AvgIpc) is 2.50. The van der Waals surface area contributed by atoms with Crippen molar-refractivity contribution in [2.45, 2.75) is 52.5 Å². The largest absolute Gasteiger partial charge is 0.339 e. The minimum atomic E-state index is 0.253. The summed E-state index contributed by atoms with van der Waals surface area (Å²) >= 11 is 0. The third kappa shape index (κ3) is 4.93. The van der Waals surface area contributed by atoms with E-state index in [9.17, 15) is 0 Å². The fourth-order valence-corrected chi connectivity index (χ4v) is 1.42. The number of nitrogens with zero attached hydrogens (tertiary/aromatic N) is 2. The molecule has 1 atom stereocenters. The standard InChI is InChI=1S/C11H21N3O/c1-8(2)7-10-13-11(15-14-10)6-4-5-9(3)12/h8-9H,4-7,12H2,1-3H3. The van der Waals surface area contributed by atoms with E-state index in [-0.39, 0.29) is 6.04 Å². The van der Waals surface area contributed by atoms with Crippen LogP contribution in [0.25, 0.3) is 0 Å². The number of aryl methyl sites for hydroxylation is 1. The topological polar surface area (TPSA) is 64.9 Å². The van der Waals surface area contributed by atoms with Crippen LogP contribution in [0.2, 0.25) is 0 Å². The van der Waals surface area contributed by atoms with Crippen molar-refractivity contribution in [1.29, 1.82) is 0 Å². The summed E-state index contributed by atoms with van der Waals surface area (Å²) in [6.07, 6.45) is 3.74. The number of hydrogen-bond donors (Lipinski definition) is 1. The quantitative estimate of drug-likeness (QED) is 0.781. The summed E-state index contributed by atoms with van der Waals surface area (Å²) in [6, 6.07) is 0.253. The molecule has 1 rings (SSSR count). The van der Waals surface area contributed by atoms with Gasteiger partial charge in [0.25, 0.3) is 0 Å². The van der Waals surface area contributed by atoms with E-state index in [1.54, 1.807) is 0 Å². The van der Waals surface area contributed by atoms with Crippen molar-refractivity contribution in [2.24, 2.45) is 11.7 Å². The van der Waals surface area contributed by atoms with Crippen molar-refractivity contribution in [3.63, 3.8) is 0 Å². The van der Waals surface area contributed by atoms with Gasteiger partial charge in [-0.05, 0) is 25.7 Å². The van der Waals surface area contributed by atoms with Crippen molar-refractivity contribution in [2.75, 3.05) is 0 Å². The van der Waals surface area contributed by atoms with Crippen LogP contribution < -0.4 is 5.73 Å². The van der Waals surface area contributed by atoms with Gasteiger partial charge < -0.3 is 10.3 Å². The molecule has 1 heterocycles.